The summed E-state index contributed by atoms with van der Waals surface area (Å²) < 4.78 is 0. The maximum atomic E-state index is 10.5. The topological polar surface area (TPSA) is 60.8 Å². The zero-order chi connectivity index (χ0) is 6.85. The van der Waals surface area contributed by atoms with Crippen molar-refractivity contribution in [3.8, 4) is 0 Å². The lowest BCUT2D eigenvalue weighted by Crippen LogP contribution is -2.34. The van der Waals surface area contributed by atoms with Crippen molar-refractivity contribution in [2.75, 3.05) is 6.73 Å². The molecule has 0 bridgehead atoms. The van der Waals surface area contributed by atoms with Gasteiger partial charge < -0.3 is 10.2 Å². The molecule has 1 heterocycles. The number of rotatable bonds is 1. The molecule has 0 aromatic rings. The van der Waals surface area contributed by atoms with E-state index in [4.69, 9.17) is 10.2 Å². The second-order valence-electron chi connectivity index (χ2n) is 1.72. The Balaban J connectivity index is 2.63. The van der Waals surface area contributed by atoms with Crippen LogP contribution in [0.1, 0.15) is 0 Å². The van der Waals surface area contributed by atoms with Gasteiger partial charge in [-0.2, -0.15) is 0 Å². The summed E-state index contributed by atoms with van der Waals surface area (Å²) in [6.45, 7) is -0.438. The second kappa shape index (κ2) is 2.16. The summed E-state index contributed by atoms with van der Waals surface area (Å²) in [6.07, 6.45) is 1.60. The average molecular weight is 129 g/mol. The molecule has 1 amide bonds. The predicted molar refractivity (Wildman–Crippen MR) is 29.1 cm³/mol. The van der Waals surface area contributed by atoms with Crippen molar-refractivity contribution in [1.82, 2.24) is 4.90 Å². The molecule has 50 valence electrons. The lowest BCUT2D eigenvalue weighted by atomic mass is 10.5. The second-order valence-corrected chi connectivity index (χ2v) is 1.72. The highest BCUT2D eigenvalue weighted by atomic mass is 16.3. The van der Waals surface area contributed by atoms with Crippen LogP contribution < -0.4 is 0 Å². The van der Waals surface area contributed by atoms with Crippen LogP contribution in [0.4, 0.5) is 0 Å². The molecular formula is C5H7NO3. The van der Waals surface area contributed by atoms with Gasteiger partial charge in [-0.05, 0) is 6.08 Å². The third-order valence-electron chi connectivity index (χ3n) is 1.17. The first kappa shape index (κ1) is 6.25. The molecule has 1 atom stereocenters. The Bertz CT molecular complexity index is 154. The van der Waals surface area contributed by atoms with Crippen LogP contribution in [0, 0.1) is 0 Å². The van der Waals surface area contributed by atoms with Crippen molar-refractivity contribution in [2.24, 2.45) is 0 Å². The van der Waals surface area contributed by atoms with Crippen LogP contribution in [-0.2, 0) is 4.79 Å². The minimum absolute atomic E-state index is 0.356. The first-order valence-corrected chi connectivity index (χ1v) is 2.53. The minimum Gasteiger partial charge on any atom is -0.376 e. The number of hydrogen-bond acceptors (Lipinski definition) is 3. The molecule has 1 unspecified atom stereocenters. The molecular weight excluding hydrogens is 122 g/mol. The Kier molecular flexibility index (Phi) is 1.50. The summed E-state index contributed by atoms with van der Waals surface area (Å²) >= 11 is 0. The lowest BCUT2D eigenvalue weighted by Gasteiger charge is -2.15. The summed E-state index contributed by atoms with van der Waals surface area (Å²) in [5.74, 6) is -0.356. The number of aliphatic hydroxyl groups is 2. The Labute approximate surface area is 52.0 Å². The smallest absolute Gasteiger partial charge is 0.250 e. The van der Waals surface area contributed by atoms with E-state index < -0.39 is 13.0 Å². The monoisotopic (exact) mass is 129 g/mol. The standard InChI is InChI=1S/C5H7NO3/c7-3-6-4(8)1-2-5(6)9/h1-2,4,7-8H,3H2. The fraction of sp³-hybridized carbons (Fsp3) is 0.400. The molecule has 0 saturated heterocycles. The highest BCUT2D eigenvalue weighted by Crippen LogP contribution is 2.05. The summed E-state index contributed by atoms with van der Waals surface area (Å²) in [5.41, 5.74) is 0. The van der Waals surface area contributed by atoms with Crippen LogP contribution in [-0.4, -0.2) is 34.0 Å². The SMILES string of the molecule is O=C1C=CC(O)N1CO. The van der Waals surface area contributed by atoms with Crippen molar-refractivity contribution in [3.63, 3.8) is 0 Å². The molecule has 9 heavy (non-hydrogen) atoms. The molecule has 4 heteroatoms. The van der Waals surface area contributed by atoms with Crippen molar-refractivity contribution in [2.45, 2.75) is 6.23 Å². The van der Waals surface area contributed by atoms with Gasteiger partial charge in [0.05, 0.1) is 0 Å². The molecule has 0 aliphatic carbocycles. The number of carbonyl (C=O) groups excluding carboxylic acids is 1. The third kappa shape index (κ3) is 0.940. The van der Waals surface area contributed by atoms with Crippen LogP contribution in [0.3, 0.4) is 0 Å². The van der Waals surface area contributed by atoms with Crippen LogP contribution >= 0.6 is 0 Å². The fourth-order valence-corrected chi connectivity index (χ4v) is 0.652. The van der Waals surface area contributed by atoms with Crippen LogP contribution in [0.5, 0.6) is 0 Å². The molecule has 0 fully saturated rings. The van der Waals surface area contributed by atoms with Gasteiger partial charge in [0.15, 0.2) is 6.23 Å². The highest BCUT2D eigenvalue weighted by Gasteiger charge is 2.21. The summed E-state index contributed by atoms with van der Waals surface area (Å²) in [5, 5.41) is 17.2. The van der Waals surface area contributed by atoms with Crippen molar-refractivity contribution >= 4 is 5.91 Å². The Morgan fingerprint density at radius 3 is 2.67 bits per heavy atom. The number of carbonyl (C=O) groups is 1. The quantitative estimate of drug-likeness (QED) is 0.460. The largest absolute Gasteiger partial charge is 0.376 e. The number of amides is 1. The molecule has 0 radical (unpaired) electrons. The molecule has 0 spiro atoms. The van der Waals surface area contributed by atoms with Gasteiger partial charge in [-0.1, -0.05) is 0 Å². The Morgan fingerprint density at radius 2 is 2.44 bits per heavy atom. The maximum Gasteiger partial charge on any atom is 0.250 e. The Hall–Kier alpha value is -0.870. The van der Waals surface area contributed by atoms with Crippen molar-refractivity contribution in [1.29, 1.82) is 0 Å². The van der Waals surface area contributed by atoms with E-state index in [1.165, 1.54) is 12.2 Å². The molecule has 0 aromatic heterocycles. The number of hydrogen-bond donors (Lipinski definition) is 2. The molecule has 0 saturated carbocycles. The first-order valence-electron chi connectivity index (χ1n) is 2.53. The van der Waals surface area contributed by atoms with E-state index in [0.717, 1.165) is 4.90 Å². The van der Waals surface area contributed by atoms with Crippen molar-refractivity contribution in [3.05, 3.63) is 12.2 Å². The van der Waals surface area contributed by atoms with Gasteiger partial charge >= 0.3 is 0 Å². The van der Waals surface area contributed by atoms with E-state index in [2.05, 4.69) is 0 Å². The van der Waals surface area contributed by atoms with Gasteiger partial charge in [-0.3, -0.25) is 9.69 Å². The first-order chi connectivity index (χ1) is 4.25. The van der Waals surface area contributed by atoms with E-state index >= 15 is 0 Å². The van der Waals surface area contributed by atoms with Gasteiger partial charge in [0.1, 0.15) is 6.73 Å². The van der Waals surface area contributed by atoms with Gasteiger partial charge in [-0.25, -0.2) is 0 Å². The minimum atomic E-state index is -0.942. The molecule has 1 rings (SSSR count). The van der Waals surface area contributed by atoms with Crippen LogP contribution in [0.2, 0.25) is 0 Å². The third-order valence-corrected chi connectivity index (χ3v) is 1.17. The van der Waals surface area contributed by atoms with E-state index in [1.54, 1.807) is 0 Å². The van der Waals surface area contributed by atoms with Gasteiger partial charge in [-0.15, -0.1) is 0 Å². The highest BCUT2D eigenvalue weighted by molar-refractivity contribution is 5.90. The molecule has 1 aliphatic heterocycles. The van der Waals surface area contributed by atoms with E-state index in [1.807, 2.05) is 0 Å². The van der Waals surface area contributed by atoms with Gasteiger partial charge in [0.25, 0.3) is 5.91 Å². The molecule has 0 aromatic carbocycles. The van der Waals surface area contributed by atoms with Gasteiger partial charge in [0.2, 0.25) is 0 Å². The lowest BCUT2D eigenvalue weighted by molar-refractivity contribution is -0.135. The van der Waals surface area contributed by atoms with Crippen molar-refractivity contribution < 1.29 is 15.0 Å². The maximum absolute atomic E-state index is 10.5. The van der Waals surface area contributed by atoms with E-state index in [-0.39, 0.29) is 5.91 Å². The van der Waals surface area contributed by atoms with Crippen LogP contribution in [0.15, 0.2) is 12.2 Å². The van der Waals surface area contributed by atoms with Gasteiger partial charge in [0, 0.05) is 6.08 Å². The number of nitrogens with zero attached hydrogens (tertiary/aromatic N) is 1. The zero-order valence-electron chi connectivity index (χ0n) is 4.69. The van der Waals surface area contributed by atoms with Crippen LogP contribution in [0.25, 0.3) is 0 Å². The van der Waals surface area contributed by atoms with E-state index in [0.29, 0.717) is 0 Å². The Morgan fingerprint density at radius 1 is 1.78 bits per heavy atom. The zero-order valence-corrected chi connectivity index (χ0v) is 4.69. The normalized spacial score (nSPS) is 25.8. The number of aliphatic hydroxyl groups excluding tert-OH is 2. The fourth-order valence-electron chi connectivity index (χ4n) is 0.652. The summed E-state index contributed by atoms with van der Waals surface area (Å²) in [6, 6.07) is 0. The van der Waals surface area contributed by atoms with E-state index in [9.17, 15) is 4.79 Å². The average Bonchev–Trinajstić information content (AvgIpc) is 2.12. The molecule has 1 aliphatic rings. The summed E-state index contributed by atoms with van der Waals surface area (Å²) in [7, 11) is 0. The predicted octanol–water partition coefficient (Wildman–Crippen LogP) is -1.35. The molecule has 2 N–H and O–H groups in total. The molecule has 4 nitrogen and oxygen atoms in total. The summed E-state index contributed by atoms with van der Waals surface area (Å²) in [4.78, 5) is 11.5.